The Bertz CT molecular complexity index is 1530. The standard InChI is InChI=1S/C28H23FN2O4S/c1-3-13-35-18-8-6-7-17(15-18)25(32)23-24(19-9-4-5-10-20(19)29)31(27(34)26(23)33)28-30-21-12-11-16(2)14-22(21)36-28/h4-12,14-15,24,32H,3,13H2,1-2H3. The van der Waals surface area contributed by atoms with E-state index in [-0.39, 0.29) is 16.3 Å². The van der Waals surface area contributed by atoms with Gasteiger partial charge in [-0.05, 0) is 49.2 Å². The summed E-state index contributed by atoms with van der Waals surface area (Å²) in [6, 6.07) is 17.0. The van der Waals surface area contributed by atoms with E-state index >= 15 is 4.39 Å². The SMILES string of the molecule is CCCOc1cccc(C(O)=C2C(=O)C(=O)N(c3nc4ccc(C)cc4s3)C2c2ccccc2F)c1. The number of aryl methyl sites for hydroxylation is 1. The summed E-state index contributed by atoms with van der Waals surface area (Å²) in [7, 11) is 0. The average Bonchev–Trinajstić information content (AvgIpc) is 3.40. The third-order valence-electron chi connectivity index (χ3n) is 5.96. The number of hydrogen-bond donors (Lipinski definition) is 1. The lowest BCUT2D eigenvalue weighted by Gasteiger charge is -2.23. The number of rotatable bonds is 6. The summed E-state index contributed by atoms with van der Waals surface area (Å²) in [5.74, 6) is -2.27. The van der Waals surface area contributed by atoms with Crippen LogP contribution in [-0.4, -0.2) is 28.4 Å². The minimum atomic E-state index is -1.19. The highest BCUT2D eigenvalue weighted by molar-refractivity contribution is 7.22. The van der Waals surface area contributed by atoms with Crippen LogP contribution >= 0.6 is 11.3 Å². The molecule has 3 aromatic carbocycles. The van der Waals surface area contributed by atoms with Gasteiger partial charge in [0.2, 0.25) is 0 Å². The van der Waals surface area contributed by atoms with E-state index < -0.39 is 29.3 Å². The molecule has 36 heavy (non-hydrogen) atoms. The molecule has 1 amide bonds. The fourth-order valence-corrected chi connectivity index (χ4v) is 5.34. The number of hydrogen-bond acceptors (Lipinski definition) is 6. The van der Waals surface area contributed by atoms with Gasteiger partial charge in [-0.2, -0.15) is 0 Å². The maximum atomic E-state index is 15.1. The fraction of sp³-hybridized carbons (Fsp3) is 0.179. The Balaban J connectivity index is 1.70. The van der Waals surface area contributed by atoms with E-state index in [4.69, 9.17) is 4.74 Å². The molecule has 1 saturated heterocycles. The van der Waals surface area contributed by atoms with Gasteiger partial charge in [-0.25, -0.2) is 9.37 Å². The molecule has 1 atom stereocenters. The highest BCUT2D eigenvalue weighted by Gasteiger charge is 2.49. The summed E-state index contributed by atoms with van der Waals surface area (Å²) < 4.78 is 21.6. The van der Waals surface area contributed by atoms with Crippen molar-refractivity contribution in [3.8, 4) is 5.75 Å². The molecule has 0 aliphatic carbocycles. The maximum absolute atomic E-state index is 15.1. The minimum absolute atomic E-state index is 0.0899. The molecule has 6 nitrogen and oxygen atoms in total. The zero-order valence-electron chi connectivity index (χ0n) is 19.7. The summed E-state index contributed by atoms with van der Waals surface area (Å²) in [6.07, 6.45) is 0.802. The van der Waals surface area contributed by atoms with E-state index in [9.17, 15) is 14.7 Å². The van der Waals surface area contributed by atoms with E-state index in [0.717, 1.165) is 16.7 Å². The van der Waals surface area contributed by atoms with Gasteiger partial charge in [0.25, 0.3) is 5.78 Å². The van der Waals surface area contributed by atoms with Crippen LogP contribution in [0.1, 0.15) is 36.1 Å². The summed E-state index contributed by atoms with van der Waals surface area (Å²) in [5.41, 5.74) is 1.87. The third-order valence-corrected chi connectivity index (χ3v) is 6.98. The number of aliphatic hydroxyl groups is 1. The van der Waals surface area contributed by atoms with Crippen molar-refractivity contribution in [1.29, 1.82) is 0 Å². The molecule has 8 heteroatoms. The number of halogens is 1. The van der Waals surface area contributed by atoms with Crippen LogP contribution in [0.25, 0.3) is 16.0 Å². The number of anilines is 1. The number of ketones is 1. The molecule has 0 spiro atoms. The number of nitrogens with zero attached hydrogens (tertiary/aromatic N) is 2. The molecule has 0 saturated carbocycles. The lowest BCUT2D eigenvalue weighted by molar-refractivity contribution is -0.132. The van der Waals surface area contributed by atoms with Crippen molar-refractivity contribution >= 4 is 44.1 Å². The molecule has 1 aromatic heterocycles. The molecule has 1 fully saturated rings. The number of carbonyl (C=O) groups excluding carboxylic acids is 2. The number of amides is 1. The van der Waals surface area contributed by atoms with E-state index in [1.54, 1.807) is 30.3 Å². The van der Waals surface area contributed by atoms with Crippen LogP contribution in [0.2, 0.25) is 0 Å². The van der Waals surface area contributed by atoms with Crippen molar-refractivity contribution in [1.82, 2.24) is 4.98 Å². The van der Waals surface area contributed by atoms with Gasteiger partial charge in [0, 0.05) is 11.1 Å². The number of aliphatic hydroxyl groups excluding tert-OH is 1. The molecule has 1 aliphatic heterocycles. The predicted molar refractivity (Wildman–Crippen MR) is 138 cm³/mol. The van der Waals surface area contributed by atoms with E-state index in [0.29, 0.717) is 23.4 Å². The molecule has 0 radical (unpaired) electrons. The van der Waals surface area contributed by atoms with Gasteiger partial charge in [-0.1, -0.05) is 54.7 Å². The number of benzene rings is 3. The van der Waals surface area contributed by atoms with E-state index in [1.807, 2.05) is 32.0 Å². The first-order chi connectivity index (χ1) is 17.4. The number of thiazole rings is 1. The number of fused-ring (bicyclic) bond motifs is 1. The van der Waals surface area contributed by atoms with Crippen molar-refractivity contribution in [3.63, 3.8) is 0 Å². The predicted octanol–water partition coefficient (Wildman–Crippen LogP) is 6.16. The molecule has 2 heterocycles. The lowest BCUT2D eigenvalue weighted by atomic mass is 9.95. The summed E-state index contributed by atoms with van der Waals surface area (Å²) >= 11 is 1.23. The van der Waals surface area contributed by atoms with Crippen molar-refractivity contribution in [3.05, 3.63) is 94.8 Å². The Labute approximate surface area is 211 Å². The Hall–Kier alpha value is -4.04. The number of aromatic nitrogens is 1. The quantitative estimate of drug-likeness (QED) is 0.194. The van der Waals surface area contributed by atoms with Crippen molar-refractivity contribution < 1.29 is 23.8 Å². The van der Waals surface area contributed by atoms with Gasteiger partial charge in [0.15, 0.2) is 5.13 Å². The van der Waals surface area contributed by atoms with Crippen LogP contribution in [0.5, 0.6) is 5.75 Å². The molecule has 5 rings (SSSR count). The number of carbonyl (C=O) groups is 2. The second-order valence-electron chi connectivity index (χ2n) is 8.53. The monoisotopic (exact) mass is 502 g/mol. The second-order valence-corrected chi connectivity index (χ2v) is 9.54. The first-order valence-electron chi connectivity index (χ1n) is 11.5. The first-order valence-corrected chi connectivity index (χ1v) is 12.4. The normalized spacial score (nSPS) is 17.2. The van der Waals surface area contributed by atoms with Gasteiger partial charge in [0.05, 0.1) is 22.4 Å². The zero-order chi connectivity index (χ0) is 25.4. The molecule has 4 aromatic rings. The summed E-state index contributed by atoms with van der Waals surface area (Å²) in [6.45, 7) is 4.41. The maximum Gasteiger partial charge on any atom is 0.301 e. The van der Waals surface area contributed by atoms with Gasteiger partial charge < -0.3 is 9.84 Å². The van der Waals surface area contributed by atoms with E-state index in [1.165, 1.54) is 34.4 Å². The lowest BCUT2D eigenvalue weighted by Crippen LogP contribution is -2.29. The number of ether oxygens (including phenoxy) is 1. The highest BCUT2D eigenvalue weighted by Crippen LogP contribution is 2.45. The van der Waals surface area contributed by atoms with Crippen LogP contribution in [0.15, 0.2) is 72.3 Å². The minimum Gasteiger partial charge on any atom is -0.507 e. The molecule has 0 bridgehead atoms. The molecule has 182 valence electrons. The zero-order valence-corrected chi connectivity index (χ0v) is 20.5. The third kappa shape index (κ3) is 4.13. The van der Waals surface area contributed by atoms with E-state index in [2.05, 4.69) is 4.98 Å². The first kappa shape index (κ1) is 23.7. The largest absolute Gasteiger partial charge is 0.507 e. The summed E-state index contributed by atoms with van der Waals surface area (Å²) in [4.78, 5) is 32.4. The molecular weight excluding hydrogens is 479 g/mol. The van der Waals surface area contributed by atoms with Crippen LogP contribution in [-0.2, 0) is 9.59 Å². The van der Waals surface area contributed by atoms with Gasteiger partial charge in [-0.3, -0.25) is 14.5 Å². The Kier molecular flexibility index (Phi) is 6.28. The van der Waals surface area contributed by atoms with Gasteiger partial charge in [-0.15, -0.1) is 0 Å². The molecular formula is C28H23FN2O4S. The molecule has 1 unspecified atom stereocenters. The van der Waals surface area contributed by atoms with Crippen molar-refractivity contribution in [2.45, 2.75) is 26.3 Å². The fourth-order valence-electron chi connectivity index (χ4n) is 4.25. The van der Waals surface area contributed by atoms with Crippen molar-refractivity contribution in [2.24, 2.45) is 0 Å². The topological polar surface area (TPSA) is 79.7 Å². The summed E-state index contributed by atoms with van der Waals surface area (Å²) in [5, 5.41) is 11.6. The van der Waals surface area contributed by atoms with Crippen LogP contribution in [0.4, 0.5) is 9.52 Å². The smallest absolute Gasteiger partial charge is 0.301 e. The molecule has 1 aliphatic rings. The Morgan fingerprint density at radius 1 is 1.11 bits per heavy atom. The Morgan fingerprint density at radius 2 is 1.92 bits per heavy atom. The van der Waals surface area contributed by atoms with Crippen LogP contribution in [0.3, 0.4) is 0 Å². The van der Waals surface area contributed by atoms with Crippen molar-refractivity contribution in [2.75, 3.05) is 11.5 Å². The second kappa shape index (κ2) is 9.54. The van der Waals surface area contributed by atoms with Crippen LogP contribution < -0.4 is 9.64 Å². The van der Waals surface area contributed by atoms with Gasteiger partial charge >= 0.3 is 5.91 Å². The average molecular weight is 503 g/mol. The molecule has 1 N–H and O–H groups in total. The van der Waals surface area contributed by atoms with Gasteiger partial charge in [0.1, 0.15) is 23.4 Å². The number of Topliss-reactive ketones (excluding diaryl/α,β-unsaturated/α-hetero) is 1. The van der Waals surface area contributed by atoms with Crippen LogP contribution in [0, 0.1) is 12.7 Å². The highest BCUT2D eigenvalue weighted by atomic mass is 32.1. The Morgan fingerprint density at radius 3 is 2.69 bits per heavy atom.